The number of carbonyl (C=O) groups excluding carboxylic acids is 1. The van der Waals surface area contributed by atoms with Gasteiger partial charge in [-0.1, -0.05) is 27.6 Å². The molecular weight excluding hydrogens is 266 g/mol. The molecule has 0 atom stereocenters. The van der Waals surface area contributed by atoms with Crippen LogP contribution in [0, 0.1) is 0 Å². The minimum atomic E-state index is 0.206. The molecule has 0 spiro atoms. The van der Waals surface area contributed by atoms with Crippen molar-refractivity contribution in [1.82, 2.24) is 5.32 Å². The Labute approximate surface area is 107 Å². The van der Waals surface area contributed by atoms with Crippen molar-refractivity contribution in [2.24, 2.45) is 0 Å². The number of allylic oxidation sites excluding steroid dienone is 1. The zero-order chi connectivity index (χ0) is 11.6. The SMILES string of the molecule is O=C(CCCCBr)NCCC1=CCCCC1. The Kier molecular flexibility index (Phi) is 7.56. The van der Waals surface area contributed by atoms with Gasteiger partial charge in [-0.25, -0.2) is 0 Å². The first-order valence-electron chi connectivity index (χ1n) is 6.33. The monoisotopic (exact) mass is 287 g/mol. The van der Waals surface area contributed by atoms with Gasteiger partial charge in [0.2, 0.25) is 5.91 Å². The molecule has 0 radical (unpaired) electrons. The molecule has 0 bridgehead atoms. The number of hydrogen-bond donors (Lipinski definition) is 1. The normalized spacial score (nSPS) is 15.7. The van der Waals surface area contributed by atoms with E-state index in [0.29, 0.717) is 6.42 Å². The van der Waals surface area contributed by atoms with Crippen LogP contribution in [-0.2, 0) is 4.79 Å². The molecule has 1 N–H and O–H groups in total. The second-order valence-corrected chi connectivity index (χ2v) is 5.15. The number of amides is 1. The number of carbonyl (C=O) groups is 1. The quantitative estimate of drug-likeness (QED) is 0.433. The third kappa shape index (κ3) is 6.31. The molecule has 0 aromatic heterocycles. The molecule has 0 aromatic carbocycles. The molecule has 3 heteroatoms. The average molecular weight is 288 g/mol. The Balaban J connectivity index is 2.01. The van der Waals surface area contributed by atoms with Gasteiger partial charge in [0.25, 0.3) is 0 Å². The highest BCUT2D eigenvalue weighted by Crippen LogP contribution is 2.19. The summed E-state index contributed by atoms with van der Waals surface area (Å²) in [7, 11) is 0. The number of alkyl halides is 1. The van der Waals surface area contributed by atoms with Crippen LogP contribution in [-0.4, -0.2) is 17.8 Å². The Morgan fingerprint density at radius 1 is 1.38 bits per heavy atom. The maximum absolute atomic E-state index is 11.4. The second-order valence-electron chi connectivity index (χ2n) is 4.35. The molecule has 0 aliphatic heterocycles. The van der Waals surface area contributed by atoms with Gasteiger partial charge in [0, 0.05) is 18.3 Å². The van der Waals surface area contributed by atoms with Crippen LogP contribution in [0.15, 0.2) is 11.6 Å². The van der Waals surface area contributed by atoms with Crippen molar-refractivity contribution in [3.8, 4) is 0 Å². The number of rotatable bonds is 7. The Morgan fingerprint density at radius 3 is 2.94 bits per heavy atom. The molecule has 1 aliphatic rings. The van der Waals surface area contributed by atoms with E-state index in [2.05, 4.69) is 27.3 Å². The molecule has 1 aliphatic carbocycles. The van der Waals surface area contributed by atoms with Crippen LogP contribution in [0.5, 0.6) is 0 Å². The van der Waals surface area contributed by atoms with Crippen molar-refractivity contribution < 1.29 is 4.79 Å². The maximum Gasteiger partial charge on any atom is 0.220 e. The van der Waals surface area contributed by atoms with Crippen LogP contribution in [0.3, 0.4) is 0 Å². The summed E-state index contributed by atoms with van der Waals surface area (Å²) in [5.41, 5.74) is 1.53. The highest BCUT2D eigenvalue weighted by Gasteiger charge is 2.04. The van der Waals surface area contributed by atoms with Gasteiger partial charge in [0.05, 0.1) is 0 Å². The van der Waals surface area contributed by atoms with Gasteiger partial charge in [0.15, 0.2) is 0 Å². The summed E-state index contributed by atoms with van der Waals surface area (Å²) in [6.45, 7) is 0.818. The van der Waals surface area contributed by atoms with Crippen LogP contribution in [0.4, 0.5) is 0 Å². The highest BCUT2D eigenvalue weighted by molar-refractivity contribution is 9.09. The number of unbranched alkanes of at least 4 members (excludes halogenated alkanes) is 1. The molecule has 92 valence electrons. The molecule has 1 rings (SSSR count). The van der Waals surface area contributed by atoms with Gasteiger partial charge >= 0.3 is 0 Å². The van der Waals surface area contributed by atoms with Crippen molar-refractivity contribution in [3.63, 3.8) is 0 Å². The summed E-state index contributed by atoms with van der Waals surface area (Å²) in [6.07, 6.45) is 11.3. The molecule has 0 saturated heterocycles. The van der Waals surface area contributed by atoms with Crippen LogP contribution >= 0.6 is 15.9 Å². The topological polar surface area (TPSA) is 29.1 Å². The van der Waals surface area contributed by atoms with Gasteiger partial charge in [-0.2, -0.15) is 0 Å². The fraction of sp³-hybridized carbons (Fsp3) is 0.769. The van der Waals surface area contributed by atoms with E-state index in [9.17, 15) is 4.79 Å². The van der Waals surface area contributed by atoms with Crippen LogP contribution in [0.1, 0.15) is 51.4 Å². The standard InChI is InChI=1S/C13H22BrNO/c14-10-5-4-8-13(16)15-11-9-12-6-2-1-3-7-12/h6H,1-5,7-11H2,(H,15,16). The summed E-state index contributed by atoms with van der Waals surface area (Å²) >= 11 is 3.37. The van der Waals surface area contributed by atoms with Gasteiger partial charge < -0.3 is 5.32 Å². The third-order valence-electron chi connectivity index (χ3n) is 2.94. The lowest BCUT2D eigenvalue weighted by Gasteiger charge is -2.12. The van der Waals surface area contributed by atoms with Gasteiger partial charge in [-0.15, -0.1) is 0 Å². The minimum Gasteiger partial charge on any atom is -0.356 e. The van der Waals surface area contributed by atoms with Crippen LogP contribution in [0.2, 0.25) is 0 Å². The van der Waals surface area contributed by atoms with E-state index in [1.807, 2.05) is 0 Å². The van der Waals surface area contributed by atoms with Gasteiger partial charge in [0.1, 0.15) is 0 Å². The molecule has 2 nitrogen and oxygen atoms in total. The molecule has 0 fully saturated rings. The molecule has 1 amide bonds. The number of nitrogens with one attached hydrogen (secondary N) is 1. The average Bonchev–Trinajstić information content (AvgIpc) is 2.31. The first-order valence-corrected chi connectivity index (χ1v) is 7.45. The zero-order valence-corrected chi connectivity index (χ0v) is 11.5. The summed E-state index contributed by atoms with van der Waals surface area (Å²) in [5.74, 6) is 0.206. The van der Waals surface area contributed by atoms with E-state index in [1.54, 1.807) is 0 Å². The lowest BCUT2D eigenvalue weighted by molar-refractivity contribution is -0.121. The Bertz CT molecular complexity index is 238. The predicted molar refractivity (Wildman–Crippen MR) is 71.8 cm³/mol. The molecule has 0 unspecified atom stereocenters. The van der Waals surface area contributed by atoms with E-state index in [0.717, 1.165) is 31.1 Å². The van der Waals surface area contributed by atoms with E-state index >= 15 is 0 Å². The van der Waals surface area contributed by atoms with Crippen LogP contribution in [0.25, 0.3) is 0 Å². The Morgan fingerprint density at radius 2 is 2.25 bits per heavy atom. The largest absolute Gasteiger partial charge is 0.356 e. The molecule has 0 heterocycles. The second kappa shape index (κ2) is 8.80. The first-order chi connectivity index (χ1) is 7.83. The molecular formula is C13H22BrNO. The lowest BCUT2D eigenvalue weighted by Crippen LogP contribution is -2.24. The maximum atomic E-state index is 11.4. The fourth-order valence-electron chi connectivity index (χ4n) is 1.96. The number of halogens is 1. The van der Waals surface area contributed by atoms with Crippen molar-refractivity contribution in [2.45, 2.75) is 51.4 Å². The predicted octanol–water partition coefficient (Wildman–Crippen LogP) is 3.56. The van der Waals surface area contributed by atoms with E-state index in [1.165, 1.54) is 31.3 Å². The fourth-order valence-corrected chi connectivity index (χ4v) is 2.36. The minimum absolute atomic E-state index is 0.206. The first kappa shape index (κ1) is 13.8. The van der Waals surface area contributed by atoms with Crippen molar-refractivity contribution in [2.75, 3.05) is 11.9 Å². The van der Waals surface area contributed by atoms with E-state index < -0.39 is 0 Å². The van der Waals surface area contributed by atoms with E-state index in [-0.39, 0.29) is 5.91 Å². The van der Waals surface area contributed by atoms with Crippen molar-refractivity contribution in [1.29, 1.82) is 0 Å². The highest BCUT2D eigenvalue weighted by atomic mass is 79.9. The molecule has 0 aromatic rings. The van der Waals surface area contributed by atoms with E-state index in [4.69, 9.17) is 0 Å². The molecule has 0 saturated carbocycles. The summed E-state index contributed by atoms with van der Waals surface area (Å²) in [4.78, 5) is 11.4. The zero-order valence-electron chi connectivity index (χ0n) is 9.93. The van der Waals surface area contributed by atoms with Crippen molar-refractivity contribution >= 4 is 21.8 Å². The summed E-state index contributed by atoms with van der Waals surface area (Å²) in [5, 5.41) is 3.99. The summed E-state index contributed by atoms with van der Waals surface area (Å²) < 4.78 is 0. The lowest BCUT2D eigenvalue weighted by atomic mass is 9.97. The third-order valence-corrected chi connectivity index (χ3v) is 3.50. The van der Waals surface area contributed by atoms with Crippen LogP contribution < -0.4 is 5.32 Å². The Hall–Kier alpha value is -0.310. The van der Waals surface area contributed by atoms with Crippen molar-refractivity contribution in [3.05, 3.63) is 11.6 Å². The molecule has 16 heavy (non-hydrogen) atoms. The van der Waals surface area contributed by atoms with Gasteiger partial charge in [-0.3, -0.25) is 4.79 Å². The summed E-state index contributed by atoms with van der Waals surface area (Å²) in [6, 6.07) is 0. The smallest absolute Gasteiger partial charge is 0.220 e. The van der Waals surface area contributed by atoms with Gasteiger partial charge in [-0.05, 0) is 44.9 Å². The number of hydrogen-bond acceptors (Lipinski definition) is 1.